The minimum Gasteiger partial charge on any atom is -0.366 e. The van der Waals surface area contributed by atoms with Crippen LogP contribution in [0.25, 0.3) is 28.3 Å². The van der Waals surface area contributed by atoms with E-state index in [0.717, 1.165) is 16.9 Å². The molecule has 0 atom stereocenters. The van der Waals surface area contributed by atoms with Crippen LogP contribution in [0, 0.1) is 0 Å². The van der Waals surface area contributed by atoms with Gasteiger partial charge in [-0.25, -0.2) is 4.98 Å². The van der Waals surface area contributed by atoms with Crippen molar-refractivity contribution >= 4 is 17.5 Å². The summed E-state index contributed by atoms with van der Waals surface area (Å²) in [6.07, 6.45) is 7.52. The van der Waals surface area contributed by atoms with Gasteiger partial charge in [0.15, 0.2) is 5.82 Å². The van der Waals surface area contributed by atoms with E-state index in [9.17, 15) is 9.59 Å². The lowest BCUT2D eigenvalue weighted by Gasteiger charge is -2.10. The highest BCUT2D eigenvalue weighted by Crippen LogP contribution is 2.28. The molecule has 0 fully saturated rings. The smallest absolute Gasteiger partial charge is 0.251 e. The summed E-state index contributed by atoms with van der Waals surface area (Å²) < 4.78 is 1.86. The number of aryl methyl sites for hydroxylation is 1. The first-order valence-corrected chi connectivity index (χ1v) is 11.4. The number of anilines is 1. The fraction of sp³-hybridized carbons (Fsp3) is 0.0741. The van der Waals surface area contributed by atoms with Crippen molar-refractivity contribution in [1.82, 2.24) is 24.7 Å². The monoisotopic (exact) mass is 477 g/mol. The van der Waals surface area contributed by atoms with Crippen LogP contribution in [0.4, 0.5) is 5.69 Å². The standard InChI is InChI=1S/C27H23N7O2/c28-26(36)23-13-18(19-15-30-31-16-19)14-29-25(23)27-33-21(17-34(27)22-9-5-2-6-10-22)11-12-24(35)32-20-7-3-1-4-8-20/h1-10,13-17H,11-12H2,(H2,28,36)(H,30,31)(H,32,35). The molecule has 0 spiro atoms. The van der Waals surface area contributed by atoms with Gasteiger partial charge in [-0.2, -0.15) is 5.10 Å². The third kappa shape index (κ3) is 4.90. The van der Waals surface area contributed by atoms with Crippen LogP contribution in [0.3, 0.4) is 0 Å². The average molecular weight is 478 g/mol. The number of imidazole rings is 1. The zero-order valence-corrected chi connectivity index (χ0v) is 19.3. The molecule has 0 saturated heterocycles. The molecule has 0 radical (unpaired) electrons. The van der Waals surface area contributed by atoms with Crippen LogP contribution in [-0.2, 0) is 11.2 Å². The topological polar surface area (TPSA) is 132 Å². The maximum absolute atomic E-state index is 12.5. The largest absolute Gasteiger partial charge is 0.366 e. The summed E-state index contributed by atoms with van der Waals surface area (Å²) in [5.41, 5.74) is 10.1. The van der Waals surface area contributed by atoms with Gasteiger partial charge in [-0.15, -0.1) is 0 Å². The molecule has 5 rings (SSSR count). The van der Waals surface area contributed by atoms with Crippen molar-refractivity contribution in [1.29, 1.82) is 0 Å². The van der Waals surface area contributed by atoms with Crippen molar-refractivity contribution in [3.8, 4) is 28.3 Å². The van der Waals surface area contributed by atoms with E-state index in [0.29, 0.717) is 29.2 Å². The Morgan fingerprint density at radius 3 is 2.42 bits per heavy atom. The van der Waals surface area contributed by atoms with Crippen LogP contribution in [0.1, 0.15) is 22.5 Å². The summed E-state index contributed by atoms with van der Waals surface area (Å²) >= 11 is 0. The van der Waals surface area contributed by atoms with Crippen LogP contribution < -0.4 is 11.1 Å². The maximum Gasteiger partial charge on any atom is 0.251 e. The number of aromatic nitrogens is 5. The lowest BCUT2D eigenvalue weighted by atomic mass is 10.1. The van der Waals surface area contributed by atoms with Gasteiger partial charge in [0.2, 0.25) is 5.91 Å². The second-order valence-electron chi connectivity index (χ2n) is 8.15. The van der Waals surface area contributed by atoms with Crippen molar-refractivity contribution in [2.45, 2.75) is 12.8 Å². The molecule has 0 bridgehead atoms. The van der Waals surface area contributed by atoms with E-state index >= 15 is 0 Å². The van der Waals surface area contributed by atoms with Gasteiger partial charge in [-0.3, -0.25) is 24.2 Å². The zero-order chi connectivity index (χ0) is 24.9. The maximum atomic E-state index is 12.5. The summed E-state index contributed by atoms with van der Waals surface area (Å²) in [4.78, 5) is 34.2. The van der Waals surface area contributed by atoms with Crippen molar-refractivity contribution in [2.24, 2.45) is 5.73 Å². The molecular weight excluding hydrogens is 454 g/mol. The lowest BCUT2D eigenvalue weighted by molar-refractivity contribution is -0.116. The van der Waals surface area contributed by atoms with Crippen LogP contribution in [0.5, 0.6) is 0 Å². The van der Waals surface area contributed by atoms with Gasteiger partial charge in [0.05, 0.1) is 17.5 Å². The molecule has 2 aromatic carbocycles. The zero-order valence-electron chi connectivity index (χ0n) is 19.3. The van der Waals surface area contributed by atoms with E-state index in [4.69, 9.17) is 10.7 Å². The summed E-state index contributed by atoms with van der Waals surface area (Å²) in [5, 5.41) is 9.59. The Balaban J connectivity index is 1.49. The number of pyridine rings is 1. The predicted octanol–water partition coefficient (Wildman–Crippen LogP) is 3.99. The molecule has 0 aliphatic carbocycles. The number of hydrogen-bond acceptors (Lipinski definition) is 5. The quantitative estimate of drug-likeness (QED) is 0.311. The highest BCUT2D eigenvalue weighted by molar-refractivity contribution is 5.99. The molecule has 3 heterocycles. The van der Waals surface area contributed by atoms with E-state index < -0.39 is 5.91 Å². The molecule has 3 aromatic heterocycles. The minimum atomic E-state index is -0.616. The van der Waals surface area contributed by atoms with Crippen LogP contribution in [-0.4, -0.2) is 36.5 Å². The van der Waals surface area contributed by atoms with Gasteiger partial charge in [0.25, 0.3) is 5.91 Å². The second-order valence-corrected chi connectivity index (χ2v) is 8.15. The van der Waals surface area contributed by atoms with Crippen molar-refractivity contribution in [2.75, 3.05) is 5.32 Å². The molecule has 9 nitrogen and oxygen atoms in total. The van der Waals surface area contributed by atoms with Crippen molar-refractivity contribution in [3.63, 3.8) is 0 Å². The molecule has 9 heteroatoms. The fourth-order valence-corrected chi connectivity index (χ4v) is 3.89. The number of nitrogens with two attached hydrogens (primary N) is 1. The van der Waals surface area contributed by atoms with Crippen LogP contribution in [0.2, 0.25) is 0 Å². The first-order chi connectivity index (χ1) is 17.6. The Bertz CT molecular complexity index is 1490. The van der Waals surface area contributed by atoms with E-state index in [1.54, 1.807) is 24.7 Å². The second kappa shape index (κ2) is 10.1. The van der Waals surface area contributed by atoms with Crippen LogP contribution >= 0.6 is 0 Å². The summed E-state index contributed by atoms with van der Waals surface area (Å²) in [5.74, 6) is -0.265. The Hall–Kier alpha value is -5.05. The number of carbonyl (C=O) groups excluding carboxylic acids is 2. The molecule has 0 aliphatic heterocycles. The fourth-order valence-electron chi connectivity index (χ4n) is 3.89. The molecular formula is C27H23N7O2. The molecule has 36 heavy (non-hydrogen) atoms. The highest BCUT2D eigenvalue weighted by Gasteiger charge is 2.20. The van der Waals surface area contributed by atoms with E-state index in [2.05, 4.69) is 20.5 Å². The lowest BCUT2D eigenvalue weighted by Crippen LogP contribution is -2.14. The Labute approximate surface area is 207 Å². The normalized spacial score (nSPS) is 10.8. The number of H-pyrrole nitrogens is 1. The number of amides is 2. The first kappa shape index (κ1) is 22.7. The summed E-state index contributed by atoms with van der Waals surface area (Å²) in [6.45, 7) is 0. The first-order valence-electron chi connectivity index (χ1n) is 11.4. The van der Waals surface area contributed by atoms with E-state index in [1.165, 1.54) is 0 Å². The number of nitrogens with one attached hydrogen (secondary N) is 2. The molecule has 0 aliphatic rings. The number of carbonyl (C=O) groups is 2. The highest BCUT2D eigenvalue weighted by atomic mass is 16.1. The molecule has 2 amide bonds. The third-order valence-electron chi connectivity index (χ3n) is 5.65. The Morgan fingerprint density at radius 2 is 1.72 bits per heavy atom. The van der Waals surface area contributed by atoms with E-state index in [1.807, 2.05) is 71.4 Å². The summed E-state index contributed by atoms with van der Waals surface area (Å²) in [6, 6.07) is 20.6. The number of benzene rings is 2. The molecule has 178 valence electrons. The van der Waals surface area contributed by atoms with E-state index in [-0.39, 0.29) is 17.9 Å². The Morgan fingerprint density at radius 1 is 0.972 bits per heavy atom. The third-order valence-corrected chi connectivity index (χ3v) is 5.65. The minimum absolute atomic E-state index is 0.113. The van der Waals surface area contributed by atoms with Gasteiger partial charge in [-0.05, 0) is 36.8 Å². The van der Waals surface area contributed by atoms with Gasteiger partial charge in [0, 0.05) is 47.5 Å². The van der Waals surface area contributed by atoms with Crippen LogP contribution in [0.15, 0.2) is 91.5 Å². The molecule has 0 unspecified atom stereocenters. The molecule has 4 N–H and O–H groups in total. The van der Waals surface area contributed by atoms with Crippen molar-refractivity contribution < 1.29 is 9.59 Å². The SMILES string of the molecule is NC(=O)c1cc(-c2cn[nH]c2)cnc1-c1nc(CCC(=O)Nc2ccccc2)cn1-c1ccccc1. The number of hydrogen-bond donors (Lipinski definition) is 3. The molecule has 5 aromatic rings. The number of aromatic amines is 1. The number of para-hydroxylation sites is 2. The average Bonchev–Trinajstić information content (AvgIpc) is 3.59. The van der Waals surface area contributed by atoms with Gasteiger partial charge in [0.1, 0.15) is 5.69 Å². The predicted molar refractivity (Wildman–Crippen MR) is 136 cm³/mol. The number of primary amides is 1. The van der Waals surface area contributed by atoms with Gasteiger partial charge < -0.3 is 11.1 Å². The number of rotatable bonds is 8. The van der Waals surface area contributed by atoms with Gasteiger partial charge in [-0.1, -0.05) is 36.4 Å². The van der Waals surface area contributed by atoms with Crippen molar-refractivity contribution in [3.05, 3.63) is 103 Å². The van der Waals surface area contributed by atoms with Gasteiger partial charge >= 0.3 is 0 Å². The summed E-state index contributed by atoms with van der Waals surface area (Å²) in [7, 11) is 0. The Kier molecular flexibility index (Phi) is 6.35. The number of nitrogens with zero attached hydrogens (tertiary/aromatic N) is 4. The molecule has 0 saturated carbocycles.